The molecule has 0 amide bonds. The SMILES string of the molecule is c1ccc(-c2ccc3c4ccccc4n4cc5cnncc5c4c3c2-c2ccccc2)cc1. The van der Waals surface area contributed by atoms with Gasteiger partial charge in [0.15, 0.2) is 0 Å². The predicted molar refractivity (Wildman–Crippen MR) is 136 cm³/mol. The Bertz CT molecular complexity index is 1800. The lowest BCUT2D eigenvalue weighted by Crippen LogP contribution is -1.94. The lowest BCUT2D eigenvalue weighted by molar-refractivity contribution is 1.05. The quantitative estimate of drug-likeness (QED) is 0.270. The minimum atomic E-state index is 1.09. The van der Waals surface area contributed by atoms with E-state index in [0.29, 0.717) is 0 Å². The van der Waals surface area contributed by atoms with Gasteiger partial charge in [0.05, 0.1) is 23.4 Å². The molecule has 0 unspecified atom stereocenters. The van der Waals surface area contributed by atoms with E-state index in [1.807, 2.05) is 12.4 Å². The molecule has 0 fully saturated rings. The summed E-state index contributed by atoms with van der Waals surface area (Å²) in [7, 11) is 0. The molecule has 4 aromatic carbocycles. The molecule has 0 saturated heterocycles. The van der Waals surface area contributed by atoms with Gasteiger partial charge in [0.1, 0.15) is 0 Å². The Morgan fingerprint density at radius 2 is 1.24 bits per heavy atom. The number of pyridine rings is 1. The normalized spacial score (nSPS) is 11.6. The third-order valence-corrected chi connectivity index (χ3v) is 6.57. The monoisotopic (exact) mass is 421 g/mol. The molecular weight excluding hydrogens is 402 g/mol. The summed E-state index contributed by atoms with van der Waals surface area (Å²) >= 11 is 0. The van der Waals surface area contributed by atoms with Crippen LogP contribution in [0.25, 0.3) is 60.2 Å². The van der Waals surface area contributed by atoms with E-state index in [-0.39, 0.29) is 0 Å². The van der Waals surface area contributed by atoms with E-state index in [1.165, 1.54) is 49.4 Å². The molecular formula is C30H19N3. The molecule has 3 heteroatoms. The van der Waals surface area contributed by atoms with Crippen molar-refractivity contribution in [2.75, 3.05) is 0 Å². The number of rotatable bonds is 2. The van der Waals surface area contributed by atoms with Crippen molar-refractivity contribution in [3.8, 4) is 22.3 Å². The zero-order chi connectivity index (χ0) is 21.8. The summed E-state index contributed by atoms with van der Waals surface area (Å²) in [6, 6.07) is 34.5. The van der Waals surface area contributed by atoms with Crippen molar-refractivity contribution in [2.24, 2.45) is 0 Å². The highest BCUT2D eigenvalue weighted by atomic mass is 15.1. The van der Waals surface area contributed by atoms with Crippen LogP contribution in [0.5, 0.6) is 0 Å². The molecule has 3 nitrogen and oxygen atoms in total. The Morgan fingerprint density at radius 1 is 0.545 bits per heavy atom. The second kappa shape index (κ2) is 7.01. The molecule has 0 radical (unpaired) electrons. The first-order chi connectivity index (χ1) is 16.4. The van der Waals surface area contributed by atoms with Gasteiger partial charge in [0.2, 0.25) is 0 Å². The standard InChI is InChI=1S/C30H19N3/c1-3-9-20(10-4-1)23-15-16-25-24-13-7-8-14-27(24)33-19-22-17-31-32-18-26(22)30(33)29(25)28(23)21-11-5-2-6-12-21/h1-19H. The third-order valence-electron chi connectivity index (χ3n) is 6.57. The van der Waals surface area contributed by atoms with E-state index in [1.54, 1.807) is 0 Å². The van der Waals surface area contributed by atoms with Crippen molar-refractivity contribution in [3.63, 3.8) is 0 Å². The fourth-order valence-corrected chi connectivity index (χ4v) is 5.16. The van der Waals surface area contributed by atoms with Crippen LogP contribution in [0.15, 0.2) is 116 Å². The van der Waals surface area contributed by atoms with Gasteiger partial charge < -0.3 is 4.40 Å². The number of aromatic nitrogens is 3. The maximum Gasteiger partial charge on any atom is 0.0636 e. The summed E-state index contributed by atoms with van der Waals surface area (Å²) in [5.74, 6) is 0. The van der Waals surface area contributed by atoms with Crippen molar-refractivity contribution < 1.29 is 0 Å². The lowest BCUT2D eigenvalue weighted by atomic mass is 9.88. The summed E-state index contributed by atoms with van der Waals surface area (Å²) in [4.78, 5) is 0. The average Bonchev–Trinajstić information content (AvgIpc) is 3.29. The summed E-state index contributed by atoms with van der Waals surface area (Å²) in [6.45, 7) is 0. The van der Waals surface area contributed by atoms with E-state index in [2.05, 4.69) is 118 Å². The molecule has 7 aromatic rings. The van der Waals surface area contributed by atoms with Gasteiger partial charge in [-0.3, -0.25) is 0 Å². The molecule has 0 spiro atoms. The topological polar surface area (TPSA) is 30.2 Å². The Labute approximate surface area is 190 Å². The van der Waals surface area contributed by atoms with E-state index in [4.69, 9.17) is 0 Å². The van der Waals surface area contributed by atoms with Gasteiger partial charge >= 0.3 is 0 Å². The minimum Gasteiger partial charge on any atom is -0.315 e. The van der Waals surface area contributed by atoms with Gasteiger partial charge in [0.25, 0.3) is 0 Å². The van der Waals surface area contributed by atoms with E-state index >= 15 is 0 Å². The molecule has 33 heavy (non-hydrogen) atoms. The highest BCUT2D eigenvalue weighted by Crippen LogP contribution is 2.44. The first-order valence-corrected chi connectivity index (χ1v) is 11.1. The van der Waals surface area contributed by atoms with Crippen molar-refractivity contribution in [1.82, 2.24) is 14.6 Å². The fourth-order valence-electron chi connectivity index (χ4n) is 5.16. The zero-order valence-corrected chi connectivity index (χ0v) is 17.8. The van der Waals surface area contributed by atoms with Gasteiger partial charge in [-0.15, -0.1) is 0 Å². The molecule has 154 valence electrons. The summed E-state index contributed by atoms with van der Waals surface area (Å²) in [5.41, 5.74) is 7.23. The first kappa shape index (κ1) is 18.1. The summed E-state index contributed by atoms with van der Waals surface area (Å²) < 4.78 is 2.31. The van der Waals surface area contributed by atoms with Crippen LogP contribution in [0.2, 0.25) is 0 Å². The predicted octanol–water partition coefficient (Wildman–Crippen LogP) is 7.52. The van der Waals surface area contributed by atoms with Crippen LogP contribution < -0.4 is 0 Å². The zero-order valence-electron chi connectivity index (χ0n) is 17.8. The Morgan fingerprint density at radius 3 is 2.06 bits per heavy atom. The Hall–Kier alpha value is -4.50. The fraction of sp³-hybridized carbons (Fsp3) is 0. The average molecular weight is 422 g/mol. The second-order valence-electron chi connectivity index (χ2n) is 8.37. The van der Waals surface area contributed by atoms with Gasteiger partial charge in [0, 0.05) is 27.7 Å². The molecule has 0 saturated carbocycles. The molecule has 0 aliphatic rings. The molecule has 0 N–H and O–H groups in total. The Balaban J connectivity index is 1.81. The first-order valence-electron chi connectivity index (χ1n) is 11.1. The van der Waals surface area contributed by atoms with Crippen LogP contribution in [-0.4, -0.2) is 14.6 Å². The van der Waals surface area contributed by atoms with Gasteiger partial charge in [-0.2, -0.15) is 10.2 Å². The highest BCUT2D eigenvalue weighted by Gasteiger charge is 2.19. The number of para-hydroxylation sites is 1. The van der Waals surface area contributed by atoms with Crippen molar-refractivity contribution in [3.05, 3.63) is 116 Å². The number of hydrogen-bond acceptors (Lipinski definition) is 2. The maximum absolute atomic E-state index is 4.24. The molecule has 0 aliphatic heterocycles. The van der Waals surface area contributed by atoms with Crippen molar-refractivity contribution in [1.29, 1.82) is 0 Å². The second-order valence-corrected chi connectivity index (χ2v) is 8.37. The van der Waals surface area contributed by atoms with Crippen molar-refractivity contribution >= 4 is 38.0 Å². The van der Waals surface area contributed by atoms with E-state index in [9.17, 15) is 0 Å². The lowest BCUT2D eigenvalue weighted by Gasteiger charge is -2.18. The minimum absolute atomic E-state index is 1.09. The largest absolute Gasteiger partial charge is 0.315 e. The number of hydrogen-bond donors (Lipinski definition) is 0. The van der Waals surface area contributed by atoms with Crippen LogP contribution >= 0.6 is 0 Å². The van der Waals surface area contributed by atoms with E-state index in [0.717, 1.165) is 10.8 Å². The number of fused-ring (bicyclic) bond motifs is 8. The third kappa shape index (κ3) is 2.63. The van der Waals surface area contributed by atoms with Crippen molar-refractivity contribution in [2.45, 2.75) is 0 Å². The van der Waals surface area contributed by atoms with Gasteiger partial charge in [-0.1, -0.05) is 91.0 Å². The van der Waals surface area contributed by atoms with Crippen LogP contribution in [0, 0.1) is 0 Å². The summed E-state index contributed by atoms with van der Waals surface area (Å²) in [6.07, 6.45) is 5.93. The Kier molecular flexibility index (Phi) is 3.84. The number of benzene rings is 4. The molecule has 3 aromatic heterocycles. The van der Waals surface area contributed by atoms with Gasteiger partial charge in [-0.25, -0.2) is 0 Å². The van der Waals surface area contributed by atoms with Crippen LogP contribution in [-0.2, 0) is 0 Å². The molecule has 0 aliphatic carbocycles. The van der Waals surface area contributed by atoms with Crippen LogP contribution in [0.4, 0.5) is 0 Å². The molecule has 7 rings (SSSR count). The number of nitrogens with zero attached hydrogens (tertiary/aromatic N) is 3. The molecule has 0 bridgehead atoms. The highest BCUT2D eigenvalue weighted by molar-refractivity contribution is 6.25. The van der Waals surface area contributed by atoms with Crippen LogP contribution in [0.3, 0.4) is 0 Å². The molecule has 3 heterocycles. The molecule has 0 atom stereocenters. The maximum atomic E-state index is 4.24. The van der Waals surface area contributed by atoms with Crippen LogP contribution in [0.1, 0.15) is 0 Å². The van der Waals surface area contributed by atoms with E-state index < -0.39 is 0 Å². The summed E-state index contributed by atoms with van der Waals surface area (Å²) in [5, 5.41) is 14.3. The van der Waals surface area contributed by atoms with Gasteiger partial charge in [-0.05, 0) is 33.7 Å². The smallest absolute Gasteiger partial charge is 0.0636 e.